The van der Waals surface area contributed by atoms with E-state index in [4.69, 9.17) is 10.2 Å². The standard InChI is InChI=1S/C10H16O6/c1-5(2)4-7(9(12)13)8(10(14)15)16-6(3)11/h5,7-8H,4H2,1-3H3,(H,12,13)(H,14,15)/t7?,8-/m1/s1. The van der Waals surface area contributed by atoms with Gasteiger partial charge in [0.15, 0.2) is 0 Å². The summed E-state index contributed by atoms with van der Waals surface area (Å²) in [6.07, 6.45) is -1.49. The van der Waals surface area contributed by atoms with Gasteiger partial charge in [0, 0.05) is 6.92 Å². The Hall–Kier alpha value is -1.59. The van der Waals surface area contributed by atoms with Crippen LogP contribution in [0.5, 0.6) is 0 Å². The molecule has 0 rings (SSSR count). The highest BCUT2D eigenvalue weighted by molar-refractivity contribution is 5.84. The van der Waals surface area contributed by atoms with Crippen molar-refractivity contribution in [3.05, 3.63) is 0 Å². The summed E-state index contributed by atoms with van der Waals surface area (Å²) in [5, 5.41) is 17.7. The number of rotatable bonds is 6. The predicted molar refractivity (Wildman–Crippen MR) is 53.8 cm³/mol. The fraction of sp³-hybridized carbons (Fsp3) is 0.700. The molecule has 0 bridgehead atoms. The van der Waals surface area contributed by atoms with Crippen LogP contribution in [-0.2, 0) is 19.1 Å². The first-order valence-corrected chi connectivity index (χ1v) is 4.88. The lowest BCUT2D eigenvalue weighted by atomic mass is 9.92. The van der Waals surface area contributed by atoms with Crippen molar-refractivity contribution in [3.63, 3.8) is 0 Å². The van der Waals surface area contributed by atoms with Crippen molar-refractivity contribution < 1.29 is 29.3 Å². The fourth-order valence-corrected chi connectivity index (χ4v) is 1.35. The molecule has 0 aliphatic rings. The van der Waals surface area contributed by atoms with Gasteiger partial charge in [-0.25, -0.2) is 4.79 Å². The molecule has 0 fully saturated rings. The van der Waals surface area contributed by atoms with Gasteiger partial charge >= 0.3 is 17.9 Å². The van der Waals surface area contributed by atoms with E-state index in [1.807, 2.05) is 0 Å². The molecule has 0 radical (unpaired) electrons. The molecule has 6 nitrogen and oxygen atoms in total. The Balaban J connectivity index is 4.86. The summed E-state index contributed by atoms with van der Waals surface area (Å²) in [7, 11) is 0. The Labute approximate surface area is 93.2 Å². The van der Waals surface area contributed by atoms with Gasteiger partial charge in [0.1, 0.15) is 5.92 Å². The van der Waals surface area contributed by atoms with Crippen molar-refractivity contribution in [1.29, 1.82) is 0 Å². The summed E-state index contributed by atoms with van der Waals surface area (Å²) >= 11 is 0. The van der Waals surface area contributed by atoms with Crippen LogP contribution in [0.15, 0.2) is 0 Å². The normalized spacial score (nSPS) is 14.2. The molecule has 16 heavy (non-hydrogen) atoms. The van der Waals surface area contributed by atoms with Gasteiger partial charge < -0.3 is 14.9 Å². The van der Waals surface area contributed by atoms with Gasteiger partial charge in [-0.2, -0.15) is 0 Å². The van der Waals surface area contributed by atoms with Gasteiger partial charge in [-0.3, -0.25) is 9.59 Å². The van der Waals surface area contributed by atoms with Crippen molar-refractivity contribution >= 4 is 17.9 Å². The van der Waals surface area contributed by atoms with E-state index < -0.39 is 29.9 Å². The molecule has 0 aliphatic carbocycles. The molecule has 0 amide bonds. The second-order valence-electron chi connectivity index (χ2n) is 3.94. The SMILES string of the molecule is CC(=O)O[C@@H](C(=O)O)C(CC(C)C)C(=O)O. The summed E-state index contributed by atoms with van der Waals surface area (Å²) in [6, 6.07) is 0. The lowest BCUT2D eigenvalue weighted by Gasteiger charge is -2.21. The topological polar surface area (TPSA) is 101 Å². The number of hydrogen-bond donors (Lipinski definition) is 2. The monoisotopic (exact) mass is 232 g/mol. The van der Waals surface area contributed by atoms with E-state index >= 15 is 0 Å². The molecule has 0 saturated heterocycles. The van der Waals surface area contributed by atoms with Gasteiger partial charge in [-0.15, -0.1) is 0 Å². The molecule has 0 aromatic heterocycles. The molecule has 0 aromatic rings. The Morgan fingerprint density at radius 1 is 1.12 bits per heavy atom. The van der Waals surface area contributed by atoms with E-state index in [9.17, 15) is 14.4 Å². The number of carboxylic acids is 2. The average molecular weight is 232 g/mol. The van der Waals surface area contributed by atoms with Gasteiger partial charge in [-0.1, -0.05) is 13.8 Å². The second-order valence-corrected chi connectivity index (χ2v) is 3.94. The van der Waals surface area contributed by atoms with Crippen LogP contribution in [-0.4, -0.2) is 34.2 Å². The maximum atomic E-state index is 10.9. The Bertz CT molecular complexity index is 283. The largest absolute Gasteiger partial charge is 0.481 e. The van der Waals surface area contributed by atoms with E-state index in [2.05, 4.69) is 4.74 Å². The summed E-state index contributed by atoms with van der Waals surface area (Å²) in [6.45, 7) is 4.58. The number of esters is 1. The fourth-order valence-electron chi connectivity index (χ4n) is 1.35. The van der Waals surface area contributed by atoms with Crippen molar-refractivity contribution in [2.75, 3.05) is 0 Å². The molecule has 2 N–H and O–H groups in total. The molecular weight excluding hydrogens is 216 g/mol. The van der Waals surface area contributed by atoms with Crippen LogP contribution in [0.2, 0.25) is 0 Å². The molecule has 0 saturated carbocycles. The molecule has 1 unspecified atom stereocenters. The smallest absolute Gasteiger partial charge is 0.345 e. The lowest BCUT2D eigenvalue weighted by Crippen LogP contribution is -2.39. The van der Waals surface area contributed by atoms with Gasteiger partial charge in [-0.05, 0) is 12.3 Å². The molecule has 92 valence electrons. The summed E-state index contributed by atoms with van der Waals surface area (Å²) < 4.78 is 4.52. The summed E-state index contributed by atoms with van der Waals surface area (Å²) in [5.41, 5.74) is 0. The minimum Gasteiger partial charge on any atom is -0.481 e. The van der Waals surface area contributed by atoms with E-state index in [0.717, 1.165) is 6.92 Å². The molecule has 0 aromatic carbocycles. The Morgan fingerprint density at radius 3 is 1.88 bits per heavy atom. The van der Waals surface area contributed by atoms with Crippen molar-refractivity contribution in [2.24, 2.45) is 11.8 Å². The van der Waals surface area contributed by atoms with Crippen molar-refractivity contribution in [3.8, 4) is 0 Å². The highest BCUT2D eigenvalue weighted by Gasteiger charge is 2.36. The molecule has 6 heteroatoms. The molecule has 0 heterocycles. The molecule has 0 aliphatic heterocycles. The highest BCUT2D eigenvalue weighted by Crippen LogP contribution is 2.19. The van der Waals surface area contributed by atoms with Gasteiger partial charge in [0.05, 0.1) is 0 Å². The third kappa shape index (κ3) is 4.77. The van der Waals surface area contributed by atoms with Crippen LogP contribution in [0.3, 0.4) is 0 Å². The zero-order chi connectivity index (χ0) is 12.9. The average Bonchev–Trinajstić information content (AvgIpc) is 2.09. The second kappa shape index (κ2) is 6.09. The maximum absolute atomic E-state index is 10.9. The Kier molecular flexibility index (Phi) is 5.49. The number of ether oxygens (including phenoxy) is 1. The number of carbonyl (C=O) groups is 3. The summed E-state index contributed by atoms with van der Waals surface area (Å²) in [5.74, 6) is -4.74. The number of carbonyl (C=O) groups excluding carboxylic acids is 1. The zero-order valence-corrected chi connectivity index (χ0v) is 9.47. The first-order chi connectivity index (χ1) is 7.25. The lowest BCUT2D eigenvalue weighted by molar-refractivity contribution is -0.172. The Morgan fingerprint density at radius 2 is 1.62 bits per heavy atom. The number of hydrogen-bond acceptors (Lipinski definition) is 4. The molecule has 2 atom stereocenters. The van der Waals surface area contributed by atoms with E-state index in [0.29, 0.717) is 0 Å². The van der Waals surface area contributed by atoms with Crippen LogP contribution >= 0.6 is 0 Å². The third-order valence-corrected chi connectivity index (χ3v) is 1.94. The van der Waals surface area contributed by atoms with Crippen molar-refractivity contribution in [1.82, 2.24) is 0 Å². The quantitative estimate of drug-likeness (QED) is 0.655. The van der Waals surface area contributed by atoms with Crippen molar-refractivity contribution in [2.45, 2.75) is 33.3 Å². The van der Waals surface area contributed by atoms with Crippen LogP contribution in [0, 0.1) is 11.8 Å². The predicted octanol–water partition coefficient (Wildman–Crippen LogP) is 0.750. The zero-order valence-electron chi connectivity index (χ0n) is 9.47. The van der Waals surface area contributed by atoms with E-state index in [1.165, 1.54) is 0 Å². The summed E-state index contributed by atoms with van der Waals surface area (Å²) in [4.78, 5) is 32.4. The van der Waals surface area contributed by atoms with Crippen LogP contribution in [0.1, 0.15) is 27.2 Å². The van der Waals surface area contributed by atoms with Crippen LogP contribution in [0.4, 0.5) is 0 Å². The maximum Gasteiger partial charge on any atom is 0.345 e. The van der Waals surface area contributed by atoms with E-state index in [1.54, 1.807) is 13.8 Å². The minimum absolute atomic E-state index is 0.00138. The first-order valence-electron chi connectivity index (χ1n) is 4.88. The minimum atomic E-state index is -1.63. The van der Waals surface area contributed by atoms with Gasteiger partial charge in [0.2, 0.25) is 6.10 Å². The third-order valence-electron chi connectivity index (χ3n) is 1.94. The highest BCUT2D eigenvalue weighted by atomic mass is 16.6. The number of carboxylic acid groups (broad SMARTS) is 2. The molecular formula is C10H16O6. The van der Waals surface area contributed by atoms with E-state index in [-0.39, 0.29) is 12.3 Å². The number of aliphatic carboxylic acids is 2. The molecule has 0 spiro atoms. The van der Waals surface area contributed by atoms with Crippen LogP contribution in [0.25, 0.3) is 0 Å². The van der Waals surface area contributed by atoms with Gasteiger partial charge in [0.25, 0.3) is 0 Å². The van der Waals surface area contributed by atoms with Crippen LogP contribution < -0.4 is 0 Å². The first kappa shape index (κ1) is 14.4.